The molecular weight excluding hydrogens is 699 g/mol. The zero-order valence-corrected chi connectivity index (χ0v) is 33.0. The van der Waals surface area contributed by atoms with Crippen molar-refractivity contribution in [1.82, 2.24) is 36.1 Å². The van der Waals surface area contributed by atoms with Crippen molar-refractivity contribution in [2.24, 2.45) is 17.3 Å². The van der Waals surface area contributed by atoms with Crippen LogP contribution in [0.1, 0.15) is 134 Å². The van der Waals surface area contributed by atoms with Gasteiger partial charge in [0.2, 0.25) is 23.5 Å². The van der Waals surface area contributed by atoms with Gasteiger partial charge in [-0.05, 0) is 68.3 Å². The van der Waals surface area contributed by atoms with E-state index in [1.807, 2.05) is 58.0 Å². The number of aromatic nitrogens is 2. The molecule has 2 saturated carbocycles. The summed E-state index contributed by atoms with van der Waals surface area (Å²) in [6.45, 7) is 9.30. The summed E-state index contributed by atoms with van der Waals surface area (Å²) in [7, 11) is 0. The fourth-order valence-corrected chi connectivity index (χ4v) is 8.61. The molecular formula is C42H59N7O6. The molecule has 3 fully saturated rings. The summed E-state index contributed by atoms with van der Waals surface area (Å²) in [5.41, 5.74) is 0.179. The number of carbonyl (C=O) groups excluding carboxylic acids is 6. The lowest BCUT2D eigenvalue weighted by Crippen LogP contribution is -2.63. The van der Waals surface area contributed by atoms with Crippen molar-refractivity contribution in [2.75, 3.05) is 0 Å². The van der Waals surface area contributed by atoms with Crippen molar-refractivity contribution < 1.29 is 28.8 Å². The second kappa shape index (κ2) is 18.8. The fourth-order valence-electron chi connectivity index (χ4n) is 8.61. The molecule has 2 aliphatic carbocycles. The summed E-state index contributed by atoms with van der Waals surface area (Å²) in [6, 6.07) is 4.83. The van der Waals surface area contributed by atoms with Gasteiger partial charge in [-0.2, -0.15) is 0 Å². The van der Waals surface area contributed by atoms with Crippen LogP contribution in [-0.4, -0.2) is 80.4 Å². The third-order valence-corrected chi connectivity index (χ3v) is 11.6. The summed E-state index contributed by atoms with van der Waals surface area (Å²) in [5.74, 6) is -3.37. The summed E-state index contributed by atoms with van der Waals surface area (Å²) in [4.78, 5) is 93.3. The molecule has 2 aromatic rings. The molecule has 7 atom stereocenters. The Morgan fingerprint density at radius 2 is 1.55 bits per heavy atom. The number of amides is 5. The van der Waals surface area contributed by atoms with Gasteiger partial charge in [0.15, 0.2) is 0 Å². The highest BCUT2D eigenvalue weighted by Gasteiger charge is 2.51. The van der Waals surface area contributed by atoms with Crippen LogP contribution in [-0.2, 0) is 24.0 Å². The highest BCUT2D eigenvalue weighted by atomic mass is 16.2. The summed E-state index contributed by atoms with van der Waals surface area (Å²) in [5, 5.41) is 11.6. The van der Waals surface area contributed by atoms with E-state index < -0.39 is 65.0 Å². The maximum atomic E-state index is 14.9. The molecule has 5 rings (SSSR count). The van der Waals surface area contributed by atoms with Gasteiger partial charge in [0.25, 0.3) is 11.8 Å². The van der Waals surface area contributed by atoms with Crippen LogP contribution in [0.15, 0.2) is 48.9 Å². The van der Waals surface area contributed by atoms with Gasteiger partial charge >= 0.3 is 0 Å². The first kappa shape index (κ1) is 41.5. The predicted molar refractivity (Wildman–Crippen MR) is 207 cm³/mol. The SMILES string of the molecule is CCCC(NC(=O)[C@@H]1CC2CCCCC2N1C(=O)[C@@H](NC(=O)C(NC(=O)c1cnccn1)C1CCCCC1)C(C)(C)C)C(=O)C(=O)N[C@@H](C)c1ccccc1. The lowest BCUT2D eigenvalue weighted by Gasteiger charge is -2.40. The maximum absolute atomic E-state index is 14.9. The van der Waals surface area contributed by atoms with Crippen LogP contribution in [0.2, 0.25) is 0 Å². The number of likely N-dealkylation sites (tertiary alicyclic amines) is 1. The maximum Gasteiger partial charge on any atom is 0.290 e. The van der Waals surface area contributed by atoms with E-state index in [4.69, 9.17) is 0 Å². The quantitative estimate of drug-likeness (QED) is 0.202. The Balaban J connectivity index is 1.36. The molecule has 4 unspecified atom stereocenters. The van der Waals surface area contributed by atoms with Crippen LogP contribution in [0.25, 0.3) is 0 Å². The standard InChI is InChI=1S/C42H59N7O6/c1-6-15-30(35(50)40(54)45-26(2)27-16-9-7-10-17-27)46-38(52)33-24-29-20-13-14-21-32(29)49(33)41(55)36(42(3,4)5)48-39(53)34(28-18-11-8-12-19-28)47-37(51)31-25-43-22-23-44-31/h7,9-10,16-17,22-23,25-26,28-30,32-34,36H,6,8,11-15,18-21,24H2,1-5H3,(H,45,54)(H,46,52)(H,47,51)(H,48,53)/t26-,29?,30?,32?,33-,34?,36+/m0/s1. The summed E-state index contributed by atoms with van der Waals surface area (Å²) in [6.07, 6.45) is 13.4. The van der Waals surface area contributed by atoms with E-state index in [-0.39, 0.29) is 35.9 Å². The van der Waals surface area contributed by atoms with Gasteiger partial charge in [0.1, 0.15) is 23.8 Å². The summed E-state index contributed by atoms with van der Waals surface area (Å²) < 4.78 is 0. The summed E-state index contributed by atoms with van der Waals surface area (Å²) >= 11 is 0. The molecule has 1 aromatic heterocycles. The lowest BCUT2D eigenvalue weighted by atomic mass is 9.81. The third-order valence-electron chi connectivity index (χ3n) is 11.6. The zero-order valence-electron chi connectivity index (χ0n) is 33.0. The van der Waals surface area contributed by atoms with E-state index in [1.165, 1.54) is 18.6 Å². The number of carbonyl (C=O) groups is 6. The Bertz CT molecular complexity index is 1660. The van der Waals surface area contributed by atoms with Gasteiger partial charge in [-0.15, -0.1) is 0 Å². The smallest absolute Gasteiger partial charge is 0.290 e. The lowest BCUT2D eigenvalue weighted by molar-refractivity contribution is -0.147. The van der Waals surface area contributed by atoms with Crippen LogP contribution in [0.4, 0.5) is 0 Å². The molecule has 55 heavy (non-hydrogen) atoms. The third kappa shape index (κ3) is 10.3. The van der Waals surface area contributed by atoms with Crippen molar-refractivity contribution in [1.29, 1.82) is 0 Å². The van der Waals surface area contributed by atoms with E-state index in [2.05, 4.69) is 31.2 Å². The normalized spacial score (nSPS) is 22.3. The highest BCUT2D eigenvalue weighted by molar-refractivity contribution is 6.38. The largest absolute Gasteiger partial charge is 0.344 e. The number of hydrogen-bond donors (Lipinski definition) is 4. The second-order valence-corrected chi connectivity index (χ2v) is 16.7. The Hall–Kier alpha value is -4.68. The molecule has 2 heterocycles. The molecule has 1 saturated heterocycles. The van der Waals surface area contributed by atoms with E-state index in [1.54, 1.807) is 11.8 Å². The van der Waals surface area contributed by atoms with Crippen molar-refractivity contribution >= 4 is 35.3 Å². The van der Waals surface area contributed by atoms with Gasteiger partial charge in [-0.1, -0.05) is 96.6 Å². The van der Waals surface area contributed by atoms with E-state index in [0.29, 0.717) is 12.8 Å². The number of nitrogens with one attached hydrogen (secondary N) is 4. The molecule has 3 aliphatic rings. The number of hydrogen-bond acceptors (Lipinski definition) is 8. The number of ketones is 1. The Morgan fingerprint density at radius 3 is 2.20 bits per heavy atom. The van der Waals surface area contributed by atoms with Gasteiger partial charge in [-0.25, -0.2) is 4.98 Å². The molecule has 13 heteroatoms. The van der Waals surface area contributed by atoms with Gasteiger partial charge in [0.05, 0.1) is 18.3 Å². The average Bonchev–Trinajstić information content (AvgIpc) is 3.58. The van der Waals surface area contributed by atoms with Gasteiger partial charge in [0, 0.05) is 18.4 Å². The minimum absolute atomic E-state index is 0.0846. The average molecular weight is 758 g/mol. The second-order valence-electron chi connectivity index (χ2n) is 16.7. The van der Waals surface area contributed by atoms with Gasteiger partial charge < -0.3 is 26.2 Å². The first-order valence-corrected chi connectivity index (χ1v) is 20.2. The minimum Gasteiger partial charge on any atom is -0.344 e. The molecule has 1 aliphatic heterocycles. The Kier molecular flexibility index (Phi) is 14.2. The van der Waals surface area contributed by atoms with E-state index in [9.17, 15) is 28.8 Å². The van der Waals surface area contributed by atoms with Crippen LogP contribution >= 0.6 is 0 Å². The molecule has 0 radical (unpaired) electrons. The number of nitrogens with zero attached hydrogens (tertiary/aromatic N) is 3. The topological polar surface area (TPSA) is 180 Å². The van der Waals surface area contributed by atoms with E-state index in [0.717, 1.165) is 63.4 Å². The van der Waals surface area contributed by atoms with Crippen LogP contribution in [0.3, 0.4) is 0 Å². The van der Waals surface area contributed by atoms with Crippen molar-refractivity contribution in [3.63, 3.8) is 0 Å². The first-order valence-electron chi connectivity index (χ1n) is 20.2. The molecule has 298 valence electrons. The Morgan fingerprint density at radius 1 is 0.855 bits per heavy atom. The van der Waals surface area contributed by atoms with Crippen LogP contribution in [0, 0.1) is 17.3 Å². The molecule has 0 bridgehead atoms. The van der Waals surface area contributed by atoms with Crippen molar-refractivity contribution in [3.05, 3.63) is 60.2 Å². The van der Waals surface area contributed by atoms with E-state index >= 15 is 0 Å². The monoisotopic (exact) mass is 757 g/mol. The van der Waals surface area contributed by atoms with Gasteiger partial charge in [-0.3, -0.25) is 33.8 Å². The first-order chi connectivity index (χ1) is 26.3. The number of rotatable bonds is 14. The van der Waals surface area contributed by atoms with Crippen LogP contribution < -0.4 is 21.3 Å². The highest BCUT2D eigenvalue weighted by Crippen LogP contribution is 2.41. The minimum atomic E-state index is -1.06. The molecule has 5 amide bonds. The van der Waals surface area contributed by atoms with Crippen molar-refractivity contribution in [2.45, 2.75) is 148 Å². The fraction of sp³-hybridized carbons (Fsp3) is 0.619. The molecule has 1 aromatic carbocycles. The predicted octanol–water partition coefficient (Wildman–Crippen LogP) is 4.58. The number of fused-ring (bicyclic) bond motifs is 1. The number of benzene rings is 1. The zero-order chi connectivity index (χ0) is 39.7. The molecule has 13 nitrogen and oxygen atoms in total. The number of Topliss-reactive ketones (excluding diaryl/α,β-unsaturated/α-hetero) is 1. The molecule has 0 spiro atoms. The Labute approximate surface area is 325 Å². The van der Waals surface area contributed by atoms with Crippen molar-refractivity contribution in [3.8, 4) is 0 Å². The van der Waals surface area contributed by atoms with Crippen LogP contribution in [0.5, 0.6) is 0 Å². The molecule has 4 N–H and O–H groups in total.